The van der Waals surface area contributed by atoms with Gasteiger partial charge in [-0.25, -0.2) is 8.78 Å². The Labute approximate surface area is 111 Å². The van der Waals surface area contributed by atoms with Gasteiger partial charge in [0.1, 0.15) is 17.4 Å². The summed E-state index contributed by atoms with van der Waals surface area (Å²) in [6, 6.07) is 7.27. The van der Waals surface area contributed by atoms with Gasteiger partial charge < -0.3 is 9.73 Å². The fourth-order valence-electron chi connectivity index (χ4n) is 2.18. The highest BCUT2D eigenvalue weighted by atomic mass is 19.1. The Morgan fingerprint density at radius 1 is 1.16 bits per heavy atom. The fraction of sp³-hybridized carbons (Fsp3) is 0.333. The molecule has 4 heteroatoms. The first-order chi connectivity index (χ1) is 9.22. The Kier molecular flexibility index (Phi) is 4.68. The van der Waals surface area contributed by atoms with E-state index in [1.165, 1.54) is 18.2 Å². The number of hydrogen-bond acceptors (Lipinski definition) is 2. The van der Waals surface area contributed by atoms with Gasteiger partial charge in [-0.15, -0.1) is 0 Å². The maximum Gasteiger partial charge on any atom is 0.130 e. The predicted octanol–water partition coefficient (Wildman–Crippen LogP) is 3.84. The summed E-state index contributed by atoms with van der Waals surface area (Å²) in [7, 11) is 0. The smallest absolute Gasteiger partial charge is 0.130 e. The van der Waals surface area contributed by atoms with Crippen LogP contribution in [-0.2, 0) is 6.42 Å². The van der Waals surface area contributed by atoms with Crippen molar-refractivity contribution >= 4 is 0 Å². The van der Waals surface area contributed by atoms with Gasteiger partial charge in [0.15, 0.2) is 0 Å². The molecule has 0 amide bonds. The van der Waals surface area contributed by atoms with E-state index in [1.54, 1.807) is 12.3 Å². The summed E-state index contributed by atoms with van der Waals surface area (Å²) < 4.78 is 32.8. The predicted molar refractivity (Wildman–Crippen MR) is 69.8 cm³/mol. The molecular formula is C15H17F2NO. The van der Waals surface area contributed by atoms with Crippen LogP contribution in [0.5, 0.6) is 0 Å². The lowest BCUT2D eigenvalue weighted by atomic mass is 10.00. The van der Waals surface area contributed by atoms with Gasteiger partial charge in [-0.3, -0.25) is 0 Å². The van der Waals surface area contributed by atoms with Crippen LogP contribution in [0.4, 0.5) is 8.78 Å². The summed E-state index contributed by atoms with van der Waals surface area (Å²) >= 11 is 0. The highest BCUT2D eigenvalue weighted by Crippen LogP contribution is 2.24. The number of halogens is 2. The molecule has 0 fully saturated rings. The molecule has 1 heterocycles. The molecule has 1 aromatic heterocycles. The maximum atomic E-state index is 13.8. The van der Waals surface area contributed by atoms with Crippen molar-refractivity contribution in [1.29, 1.82) is 0 Å². The molecule has 1 aromatic carbocycles. The van der Waals surface area contributed by atoms with Crippen molar-refractivity contribution < 1.29 is 13.2 Å². The van der Waals surface area contributed by atoms with E-state index in [9.17, 15) is 8.78 Å². The normalized spacial score (nSPS) is 12.6. The second-order valence-electron chi connectivity index (χ2n) is 4.36. The molecule has 0 spiro atoms. The zero-order valence-electron chi connectivity index (χ0n) is 10.8. The molecular weight excluding hydrogens is 248 g/mol. The molecule has 102 valence electrons. The SMILES string of the molecule is CCNC(CCc1ccco1)c1c(F)cccc1F. The zero-order chi connectivity index (χ0) is 13.7. The fourth-order valence-corrected chi connectivity index (χ4v) is 2.18. The third-order valence-corrected chi connectivity index (χ3v) is 3.06. The summed E-state index contributed by atoms with van der Waals surface area (Å²) in [5.41, 5.74) is 0.107. The summed E-state index contributed by atoms with van der Waals surface area (Å²) in [6.07, 6.45) is 2.82. The lowest BCUT2D eigenvalue weighted by Gasteiger charge is -2.19. The van der Waals surface area contributed by atoms with E-state index >= 15 is 0 Å². The monoisotopic (exact) mass is 265 g/mol. The Balaban J connectivity index is 2.15. The number of furan rings is 1. The molecule has 1 unspecified atom stereocenters. The molecule has 0 bridgehead atoms. The van der Waals surface area contributed by atoms with Crippen molar-refractivity contribution in [3.63, 3.8) is 0 Å². The van der Waals surface area contributed by atoms with E-state index in [-0.39, 0.29) is 11.6 Å². The minimum Gasteiger partial charge on any atom is -0.469 e. The van der Waals surface area contributed by atoms with Gasteiger partial charge in [-0.05, 0) is 37.2 Å². The Hall–Kier alpha value is -1.68. The van der Waals surface area contributed by atoms with Crippen LogP contribution in [0, 0.1) is 11.6 Å². The van der Waals surface area contributed by atoms with Crippen LogP contribution in [0.2, 0.25) is 0 Å². The minimum absolute atomic E-state index is 0.107. The molecule has 1 N–H and O–H groups in total. The molecule has 19 heavy (non-hydrogen) atoms. The van der Waals surface area contributed by atoms with E-state index in [0.29, 0.717) is 19.4 Å². The summed E-state index contributed by atoms with van der Waals surface area (Å²) in [4.78, 5) is 0. The van der Waals surface area contributed by atoms with Gasteiger partial charge in [0.05, 0.1) is 6.26 Å². The number of benzene rings is 1. The topological polar surface area (TPSA) is 25.2 Å². The van der Waals surface area contributed by atoms with E-state index in [0.717, 1.165) is 5.76 Å². The molecule has 0 aliphatic rings. The van der Waals surface area contributed by atoms with E-state index in [4.69, 9.17) is 4.42 Å². The lowest BCUT2D eigenvalue weighted by Crippen LogP contribution is -2.23. The standard InChI is InChI=1S/C15H17F2NO/c1-2-18-14(9-8-11-5-4-10-19-11)15-12(16)6-3-7-13(15)17/h3-7,10,14,18H,2,8-9H2,1H3. The van der Waals surface area contributed by atoms with Crippen LogP contribution in [0.25, 0.3) is 0 Å². The van der Waals surface area contributed by atoms with E-state index in [1.807, 2.05) is 13.0 Å². The van der Waals surface area contributed by atoms with Crippen LogP contribution < -0.4 is 5.32 Å². The molecule has 0 saturated heterocycles. The average Bonchev–Trinajstić information content (AvgIpc) is 2.88. The highest BCUT2D eigenvalue weighted by Gasteiger charge is 2.19. The van der Waals surface area contributed by atoms with Crippen LogP contribution >= 0.6 is 0 Å². The van der Waals surface area contributed by atoms with E-state index in [2.05, 4.69) is 5.32 Å². The lowest BCUT2D eigenvalue weighted by molar-refractivity contribution is 0.430. The van der Waals surface area contributed by atoms with Gasteiger partial charge in [0.2, 0.25) is 0 Å². The average molecular weight is 265 g/mol. The highest BCUT2D eigenvalue weighted by molar-refractivity contribution is 5.23. The first-order valence-corrected chi connectivity index (χ1v) is 6.42. The maximum absolute atomic E-state index is 13.8. The molecule has 2 nitrogen and oxygen atoms in total. The van der Waals surface area contributed by atoms with Crippen molar-refractivity contribution in [3.05, 3.63) is 59.6 Å². The van der Waals surface area contributed by atoms with Crippen molar-refractivity contribution in [2.45, 2.75) is 25.8 Å². The molecule has 0 aliphatic carbocycles. The minimum atomic E-state index is -0.509. The molecule has 1 atom stereocenters. The summed E-state index contributed by atoms with van der Waals surface area (Å²) in [6.45, 7) is 2.56. The van der Waals surface area contributed by atoms with Crippen molar-refractivity contribution in [1.82, 2.24) is 5.32 Å². The summed E-state index contributed by atoms with van der Waals surface area (Å²) in [5.74, 6) is -0.199. The largest absolute Gasteiger partial charge is 0.469 e. The van der Waals surface area contributed by atoms with Crippen LogP contribution in [0.1, 0.15) is 30.7 Å². The second-order valence-corrected chi connectivity index (χ2v) is 4.36. The molecule has 2 rings (SSSR count). The Morgan fingerprint density at radius 2 is 1.89 bits per heavy atom. The third kappa shape index (κ3) is 3.41. The third-order valence-electron chi connectivity index (χ3n) is 3.06. The van der Waals surface area contributed by atoms with E-state index < -0.39 is 11.6 Å². The van der Waals surface area contributed by atoms with Gasteiger partial charge in [-0.1, -0.05) is 13.0 Å². The molecule has 0 saturated carbocycles. The zero-order valence-corrected chi connectivity index (χ0v) is 10.8. The van der Waals surface area contributed by atoms with Crippen LogP contribution in [0.15, 0.2) is 41.0 Å². The molecule has 0 radical (unpaired) electrons. The van der Waals surface area contributed by atoms with Gasteiger partial charge in [-0.2, -0.15) is 0 Å². The van der Waals surface area contributed by atoms with Gasteiger partial charge in [0.25, 0.3) is 0 Å². The van der Waals surface area contributed by atoms with Crippen LogP contribution in [-0.4, -0.2) is 6.54 Å². The first-order valence-electron chi connectivity index (χ1n) is 6.42. The Morgan fingerprint density at radius 3 is 2.47 bits per heavy atom. The Bertz CT molecular complexity index is 491. The number of rotatable bonds is 6. The van der Waals surface area contributed by atoms with Crippen molar-refractivity contribution in [2.75, 3.05) is 6.54 Å². The number of hydrogen-bond donors (Lipinski definition) is 1. The quantitative estimate of drug-likeness (QED) is 0.858. The first kappa shape index (κ1) is 13.7. The second kappa shape index (κ2) is 6.48. The van der Waals surface area contributed by atoms with Crippen LogP contribution in [0.3, 0.4) is 0 Å². The number of aryl methyl sites for hydroxylation is 1. The van der Waals surface area contributed by atoms with Gasteiger partial charge in [0, 0.05) is 18.0 Å². The number of nitrogens with one attached hydrogen (secondary N) is 1. The van der Waals surface area contributed by atoms with Gasteiger partial charge >= 0.3 is 0 Å². The molecule has 0 aliphatic heterocycles. The molecule has 2 aromatic rings. The van der Waals surface area contributed by atoms with Crippen molar-refractivity contribution in [3.8, 4) is 0 Å². The van der Waals surface area contributed by atoms with Crippen molar-refractivity contribution in [2.24, 2.45) is 0 Å². The summed E-state index contributed by atoms with van der Waals surface area (Å²) in [5, 5.41) is 3.12.